The number of anilines is 1. The number of nitrogens with one attached hydrogen (secondary N) is 1. The highest BCUT2D eigenvalue weighted by Gasteiger charge is 2.32. The molecule has 1 fully saturated rings. The zero-order chi connectivity index (χ0) is 15.6. The maximum atomic E-state index is 14.0. The third-order valence-electron chi connectivity index (χ3n) is 3.45. The lowest BCUT2D eigenvalue weighted by Gasteiger charge is -2.20. The predicted molar refractivity (Wildman–Crippen MR) is 85.7 cm³/mol. The summed E-state index contributed by atoms with van der Waals surface area (Å²) in [6.45, 7) is 2.03. The smallest absolute Gasteiger partial charge is 0.243 e. The Kier molecular flexibility index (Phi) is 5.40. The molecular formula is C13H18ClFN2O2S2. The normalized spacial score (nSPS) is 22.6. The van der Waals surface area contributed by atoms with Gasteiger partial charge in [0.2, 0.25) is 10.0 Å². The van der Waals surface area contributed by atoms with Crippen molar-refractivity contribution in [1.82, 2.24) is 4.72 Å². The van der Waals surface area contributed by atoms with Crippen molar-refractivity contribution >= 4 is 39.1 Å². The molecule has 8 heteroatoms. The quantitative estimate of drug-likeness (QED) is 0.799. The van der Waals surface area contributed by atoms with Crippen LogP contribution in [0.1, 0.15) is 26.2 Å². The van der Waals surface area contributed by atoms with Crippen LogP contribution in [0.2, 0.25) is 5.02 Å². The summed E-state index contributed by atoms with van der Waals surface area (Å²) in [4.78, 5) is -0.486. The van der Waals surface area contributed by atoms with Gasteiger partial charge in [0.05, 0.1) is 5.02 Å². The summed E-state index contributed by atoms with van der Waals surface area (Å²) in [5.74, 6) is -0.0440. The second-order valence-electron chi connectivity index (χ2n) is 4.97. The first-order valence-corrected chi connectivity index (χ1v) is 9.64. The van der Waals surface area contributed by atoms with Crippen LogP contribution in [0.4, 0.5) is 10.1 Å². The lowest BCUT2D eigenvalue weighted by molar-refractivity contribution is 0.539. The molecule has 118 valence electrons. The number of thioether (sulfide) groups is 1. The summed E-state index contributed by atoms with van der Waals surface area (Å²) < 4.78 is 41.4. The maximum Gasteiger partial charge on any atom is 0.243 e. The monoisotopic (exact) mass is 352 g/mol. The Morgan fingerprint density at radius 2 is 2.19 bits per heavy atom. The van der Waals surface area contributed by atoms with Crippen molar-refractivity contribution in [2.75, 3.05) is 11.5 Å². The number of nitrogens with two attached hydrogens (primary N) is 1. The van der Waals surface area contributed by atoms with Gasteiger partial charge in [-0.1, -0.05) is 24.9 Å². The predicted octanol–water partition coefficient (Wildman–Crippen LogP) is 3.01. The first kappa shape index (κ1) is 16.9. The highest BCUT2D eigenvalue weighted by molar-refractivity contribution is 8.00. The Hall–Kier alpha value is -0.500. The summed E-state index contributed by atoms with van der Waals surface area (Å²) in [6.07, 6.45) is 2.69. The molecule has 2 rings (SSSR count). The first-order valence-electron chi connectivity index (χ1n) is 6.73. The van der Waals surface area contributed by atoms with Gasteiger partial charge in [0.1, 0.15) is 4.90 Å². The lowest BCUT2D eigenvalue weighted by Crippen LogP contribution is -2.39. The Balaban J connectivity index is 2.27. The van der Waals surface area contributed by atoms with Crippen LogP contribution in [0.5, 0.6) is 0 Å². The molecule has 0 aromatic heterocycles. The fourth-order valence-corrected chi connectivity index (χ4v) is 5.53. The van der Waals surface area contributed by atoms with Crippen LogP contribution in [-0.2, 0) is 10.0 Å². The molecule has 0 aliphatic heterocycles. The molecule has 2 unspecified atom stereocenters. The number of sulfonamides is 1. The third kappa shape index (κ3) is 3.83. The van der Waals surface area contributed by atoms with E-state index in [9.17, 15) is 12.8 Å². The van der Waals surface area contributed by atoms with Crippen molar-refractivity contribution in [1.29, 1.82) is 0 Å². The Labute approximate surface area is 133 Å². The molecule has 2 atom stereocenters. The van der Waals surface area contributed by atoms with Crippen molar-refractivity contribution < 1.29 is 12.8 Å². The minimum absolute atomic E-state index is 0.118. The van der Waals surface area contributed by atoms with Crippen molar-refractivity contribution in [2.45, 2.75) is 42.4 Å². The van der Waals surface area contributed by atoms with Crippen molar-refractivity contribution in [3.63, 3.8) is 0 Å². The van der Waals surface area contributed by atoms with Gasteiger partial charge >= 0.3 is 0 Å². The van der Waals surface area contributed by atoms with Crippen LogP contribution < -0.4 is 10.5 Å². The number of hydrogen-bond donors (Lipinski definition) is 2. The SMILES string of the molecule is CCSC1CCCC1NS(=O)(=O)c1cc(N)cc(Cl)c1F. The molecule has 0 heterocycles. The summed E-state index contributed by atoms with van der Waals surface area (Å²) in [5.41, 5.74) is 5.68. The van der Waals surface area contributed by atoms with E-state index < -0.39 is 20.7 Å². The molecule has 3 N–H and O–H groups in total. The van der Waals surface area contributed by atoms with Gasteiger partial charge in [-0.15, -0.1) is 0 Å². The van der Waals surface area contributed by atoms with E-state index in [-0.39, 0.29) is 22.0 Å². The molecule has 0 spiro atoms. The number of benzene rings is 1. The average molecular weight is 353 g/mol. The zero-order valence-corrected chi connectivity index (χ0v) is 14.0. The molecule has 0 radical (unpaired) electrons. The second kappa shape index (κ2) is 6.73. The topological polar surface area (TPSA) is 72.2 Å². The van der Waals surface area contributed by atoms with Crippen LogP contribution in [0.3, 0.4) is 0 Å². The molecule has 1 aromatic rings. The standard InChI is InChI=1S/C13H18ClFN2O2S2/c1-2-20-11-5-3-4-10(11)17-21(18,19)12-7-8(16)6-9(14)13(12)15/h6-7,10-11,17H,2-5,16H2,1H3. The number of halogens is 2. The van der Waals surface area contributed by atoms with Crippen molar-refractivity contribution in [3.05, 3.63) is 23.0 Å². The number of hydrogen-bond acceptors (Lipinski definition) is 4. The molecular weight excluding hydrogens is 335 g/mol. The Morgan fingerprint density at radius 1 is 1.48 bits per heavy atom. The molecule has 21 heavy (non-hydrogen) atoms. The minimum Gasteiger partial charge on any atom is -0.399 e. The van der Waals surface area contributed by atoms with Crippen molar-refractivity contribution in [3.8, 4) is 0 Å². The van der Waals surface area contributed by atoms with Crippen LogP contribution in [-0.4, -0.2) is 25.5 Å². The van der Waals surface area contributed by atoms with Crippen LogP contribution in [0.15, 0.2) is 17.0 Å². The molecule has 1 aromatic carbocycles. The van der Waals surface area contributed by atoms with Gasteiger partial charge < -0.3 is 5.73 Å². The Bertz CT molecular complexity index is 625. The first-order chi connectivity index (χ1) is 9.85. The van der Waals surface area contributed by atoms with E-state index in [1.165, 1.54) is 6.07 Å². The van der Waals surface area contributed by atoms with Gasteiger partial charge in [-0.25, -0.2) is 17.5 Å². The number of rotatable bonds is 5. The van der Waals surface area contributed by atoms with Crippen LogP contribution in [0.25, 0.3) is 0 Å². The fourth-order valence-electron chi connectivity index (χ4n) is 2.52. The molecule has 0 saturated heterocycles. The Morgan fingerprint density at radius 3 is 2.86 bits per heavy atom. The molecule has 0 amide bonds. The van der Waals surface area contributed by atoms with Gasteiger partial charge in [-0.05, 0) is 30.7 Å². The van der Waals surface area contributed by atoms with E-state index in [1.54, 1.807) is 11.8 Å². The second-order valence-corrected chi connectivity index (χ2v) is 8.57. The molecule has 1 aliphatic carbocycles. The van der Waals surface area contributed by atoms with Crippen molar-refractivity contribution in [2.24, 2.45) is 0 Å². The molecule has 1 saturated carbocycles. The molecule has 1 aliphatic rings. The largest absolute Gasteiger partial charge is 0.399 e. The molecule has 4 nitrogen and oxygen atoms in total. The maximum absolute atomic E-state index is 14.0. The fraction of sp³-hybridized carbons (Fsp3) is 0.538. The summed E-state index contributed by atoms with van der Waals surface area (Å²) in [6, 6.07) is 2.11. The van der Waals surface area contributed by atoms with Gasteiger partial charge in [0.15, 0.2) is 5.82 Å². The van der Waals surface area contributed by atoms with Gasteiger partial charge in [0.25, 0.3) is 0 Å². The van der Waals surface area contributed by atoms with Crippen LogP contribution >= 0.6 is 23.4 Å². The van der Waals surface area contributed by atoms with Crippen LogP contribution in [0, 0.1) is 5.82 Å². The van der Waals surface area contributed by atoms with E-state index >= 15 is 0 Å². The summed E-state index contributed by atoms with van der Waals surface area (Å²) in [7, 11) is -3.97. The summed E-state index contributed by atoms with van der Waals surface area (Å²) >= 11 is 7.39. The molecule has 0 bridgehead atoms. The van der Waals surface area contributed by atoms with Gasteiger partial charge in [-0.3, -0.25) is 0 Å². The highest BCUT2D eigenvalue weighted by Crippen LogP contribution is 2.32. The summed E-state index contributed by atoms with van der Waals surface area (Å²) in [5, 5.41) is -0.0642. The number of nitrogen functional groups attached to an aromatic ring is 1. The lowest BCUT2D eigenvalue weighted by atomic mass is 10.3. The van der Waals surface area contributed by atoms with Gasteiger partial charge in [0, 0.05) is 17.0 Å². The third-order valence-corrected chi connectivity index (χ3v) is 6.54. The van der Waals surface area contributed by atoms with E-state index in [1.807, 2.05) is 6.92 Å². The van der Waals surface area contributed by atoms with E-state index in [4.69, 9.17) is 17.3 Å². The highest BCUT2D eigenvalue weighted by atomic mass is 35.5. The van der Waals surface area contributed by atoms with E-state index in [2.05, 4.69) is 4.72 Å². The minimum atomic E-state index is -3.97. The van der Waals surface area contributed by atoms with Gasteiger partial charge in [-0.2, -0.15) is 11.8 Å². The van der Waals surface area contributed by atoms with E-state index in [0.29, 0.717) is 0 Å². The zero-order valence-electron chi connectivity index (χ0n) is 11.6. The van der Waals surface area contributed by atoms with E-state index in [0.717, 1.165) is 31.1 Å². The average Bonchev–Trinajstić information content (AvgIpc) is 2.81.